The normalized spacial score (nSPS) is 14.1. The van der Waals surface area contributed by atoms with E-state index >= 15 is 0 Å². The largest absolute Gasteiger partial charge is 0.292 e. The highest BCUT2D eigenvalue weighted by molar-refractivity contribution is 6.05. The third-order valence-corrected chi connectivity index (χ3v) is 3.46. The van der Waals surface area contributed by atoms with Gasteiger partial charge in [-0.15, -0.1) is 0 Å². The van der Waals surface area contributed by atoms with Crippen molar-refractivity contribution in [3.8, 4) is 0 Å². The van der Waals surface area contributed by atoms with Crippen LogP contribution < -0.4 is 4.90 Å². The van der Waals surface area contributed by atoms with Gasteiger partial charge in [0.05, 0.1) is 5.56 Å². The molecule has 2 aromatic rings. The molecule has 102 valence electrons. The lowest BCUT2D eigenvalue weighted by Gasteiger charge is -2.21. The predicted octanol–water partition coefficient (Wildman–Crippen LogP) is 2.84. The summed E-state index contributed by atoms with van der Waals surface area (Å²) >= 11 is 0. The number of carbonyl (C=O) groups excluding carboxylic acids is 1. The maximum atomic E-state index is 12.6. The zero-order chi connectivity index (χ0) is 13.9. The van der Waals surface area contributed by atoms with Gasteiger partial charge in [0.15, 0.2) is 0 Å². The molecule has 0 atom stereocenters. The van der Waals surface area contributed by atoms with Crippen LogP contribution in [-0.2, 0) is 0 Å². The summed E-state index contributed by atoms with van der Waals surface area (Å²) in [5.41, 5.74) is 1.70. The van der Waals surface area contributed by atoms with E-state index in [2.05, 4.69) is 9.97 Å². The number of amides is 1. The molecule has 1 aliphatic carbocycles. The summed E-state index contributed by atoms with van der Waals surface area (Å²) in [6, 6.07) is 7.47. The molecular formula is C16H17N3O. The lowest BCUT2D eigenvalue weighted by molar-refractivity contribution is 0.0984. The third kappa shape index (κ3) is 2.85. The Morgan fingerprint density at radius 1 is 1.30 bits per heavy atom. The van der Waals surface area contributed by atoms with E-state index in [-0.39, 0.29) is 5.91 Å². The van der Waals surface area contributed by atoms with Crippen LogP contribution in [0.25, 0.3) is 0 Å². The molecule has 1 fully saturated rings. The molecule has 3 rings (SSSR count). The van der Waals surface area contributed by atoms with Gasteiger partial charge in [0, 0.05) is 25.1 Å². The summed E-state index contributed by atoms with van der Waals surface area (Å²) in [4.78, 5) is 22.8. The Balaban J connectivity index is 1.89. The fourth-order valence-electron chi connectivity index (χ4n) is 2.10. The highest BCUT2D eigenvalue weighted by atomic mass is 16.2. The zero-order valence-electron chi connectivity index (χ0n) is 11.5. The lowest BCUT2D eigenvalue weighted by atomic mass is 10.2. The smallest absolute Gasteiger partial charge is 0.261 e. The van der Waals surface area contributed by atoms with Crippen molar-refractivity contribution < 1.29 is 4.79 Å². The van der Waals surface area contributed by atoms with Crippen LogP contribution in [0, 0.1) is 12.8 Å². The van der Waals surface area contributed by atoms with Gasteiger partial charge in [-0.1, -0.05) is 6.07 Å². The Kier molecular flexibility index (Phi) is 3.46. The Morgan fingerprint density at radius 3 is 2.75 bits per heavy atom. The van der Waals surface area contributed by atoms with E-state index in [1.54, 1.807) is 35.6 Å². The van der Waals surface area contributed by atoms with E-state index in [0.29, 0.717) is 11.5 Å². The van der Waals surface area contributed by atoms with Crippen LogP contribution in [0.3, 0.4) is 0 Å². The molecule has 4 nitrogen and oxygen atoms in total. The summed E-state index contributed by atoms with van der Waals surface area (Å²) in [6.07, 6.45) is 7.47. The van der Waals surface area contributed by atoms with Crippen molar-refractivity contribution in [2.24, 2.45) is 5.92 Å². The maximum Gasteiger partial charge on any atom is 0.261 e. The number of aromatic nitrogens is 2. The number of hydrogen-bond acceptors (Lipinski definition) is 3. The Morgan fingerprint density at radius 2 is 2.15 bits per heavy atom. The molecule has 1 amide bonds. The number of anilines is 1. The SMILES string of the molecule is Cc1ccc(N(CC2CC2)C(=O)c2cccnc2)nc1. The molecule has 0 radical (unpaired) electrons. The average Bonchev–Trinajstić information content (AvgIpc) is 3.30. The van der Waals surface area contributed by atoms with Crippen LogP contribution >= 0.6 is 0 Å². The highest BCUT2D eigenvalue weighted by Crippen LogP contribution is 2.31. The van der Waals surface area contributed by atoms with E-state index < -0.39 is 0 Å². The molecule has 0 spiro atoms. The minimum atomic E-state index is -0.0265. The van der Waals surface area contributed by atoms with Gasteiger partial charge in [-0.2, -0.15) is 0 Å². The van der Waals surface area contributed by atoms with Crippen LogP contribution in [0.4, 0.5) is 5.82 Å². The molecule has 0 unspecified atom stereocenters. The molecule has 0 aliphatic heterocycles. The molecule has 2 heterocycles. The van der Waals surface area contributed by atoms with Crippen molar-refractivity contribution in [2.45, 2.75) is 19.8 Å². The second-order valence-corrected chi connectivity index (χ2v) is 5.29. The van der Waals surface area contributed by atoms with E-state index in [9.17, 15) is 4.79 Å². The van der Waals surface area contributed by atoms with Crippen LogP contribution in [0.2, 0.25) is 0 Å². The van der Waals surface area contributed by atoms with E-state index in [1.807, 2.05) is 19.1 Å². The van der Waals surface area contributed by atoms with Crippen molar-refractivity contribution in [3.63, 3.8) is 0 Å². The van der Waals surface area contributed by atoms with Gasteiger partial charge in [0.25, 0.3) is 5.91 Å². The van der Waals surface area contributed by atoms with Gasteiger partial charge in [0.1, 0.15) is 5.82 Å². The zero-order valence-corrected chi connectivity index (χ0v) is 11.5. The van der Waals surface area contributed by atoms with Crippen LogP contribution in [-0.4, -0.2) is 22.4 Å². The molecular weight excluding hydrogens is 250 g/mol. The fraction of sp³-hybridized carbons (Fsp3) is 0.312. The van der Waals surface area contributed by atoms with Crippen LogP contribution in [0.5, 0.6) is 0 Å². The Labute approximate surface area is 118 Å². The van der Waals surface area contributed by atoms with Crippen molar-refractivity contribution in [2.75, 3.05) is 11.4 Å². The summed E-state index contributed by atoms with van der Waals surface area (Å²) in [5, 5.41) is 0. The minimum absolute atomic E-state index is 0.0265. The molecule has 0 N–H and O–H groups in total. The van der Waals surface area contributed by atoms with Gasteiger partial charge < -0.3 is 0 Å². The molecule has 4 heteroatoms. The van der Waals surface area contributed by atoms with Crippen LogP contribution in [0.1, 0.15) is 28.8 Å². The van der Waals surface area contributed by atoms with Gasteiger partial charge in [-0.05, 0) is 49.4 Å². The summed E-state index contributed by atoms with van der Waals surface area (Å²) in [7, 11) is 0. The maximum absolute atomic E-state index is 12.6. The first-order chi connectivity index (χ1) is 9.74. The number of carbonyl (C=O) groups is 1. The second kappa shape index (κ2) is 5.41. The van der Waals surface area contributed by atoms with E-state index in [1.165, 1.54) is 12.8 Å². The van der Waals surface area contributed by atoms with Crippen molar-refractivity contribution in [1.29, 1.82) is 0 Å². The first-order valence-electron chi connectivity index (χ1n) is 6.88. The Hall–Kier alpha value is -2.23. The molecule has 1 saturated carbocycles. The van der Waals surface area contributed by atoms with Crippen LogP contribution in [0.15, 0.2) is 42.9 Å². The summed E-state index contributed by atoms with van der Waals surface area (Å²) in [5.74, 6) is 1.30. The second-order valence-electron chi connectivity index (χ2n) is 5.29. The quantitative estimate of drug-likeness (QED) is 0.855. The number of aryl methyl sites for hydroxylation is 1. The van der Waals surface area contributed by atoms with Gasteiger partial charge in [-0.3, -0.25) is 14.7 Å². The molecule has 2 aromatic heterocycles. The molecule has 1 aliphatic rings. The van der Waals surface area contributed by atoms with E-state index in [4.69, 9.17) is 0 Å². The molecule has 0 aromatic carbocycles. The van der Waals surface area contributed by atoms with Crippen molar-refractivity contribution in [1.82, 2.24) is 9.97 Å². The van der Waals surface area contributed by atoms with Gasteiger partial charge >= 0.3 is 0 Å². The predicted molar refractivity (Wildman–Crippen MR) is 77.6 cm³/mol. The molecule has 0 bridgehead atoms. The van der Waals surface area contributed by atoms with Crippen molar-refractivity contribution in [3.05, 3.63) is 54.0 Å². The first kappa shape index (κ1) is 12.8. The minimum Gasteiger partial charge on any atom is -0.292 e. The molecule has 20 heavy (non-hydrogen) atoms. The molecule has 0 saturated heterocycles. The summed E-state index contributed by atoms with van der Waals surface area (Å²) < 4.78 is 0. The fourth-order valence-corrected chi connectivity index (χ4v) is 2.10. The summed E-state index contributed by atoms with van der Waals surface area (Å²) in [6.45, 7) is 2.73. The Bertz CT molecular complexity index is 591. The highest BCUT2D eigenvalue weighted by Gasteiger charge is 2.28. The topological polar surface area (TPSA) is 46.1 Å². The standard InChI is InChI=1S/C16H17N3O/c1-12-4-7-15(18-9-12)19(11-13-5-6-13)16(20)14-3-2-8-17-10-14/h2-4,7-10,13H,5-6,11H2,1H3. The van der Waals surface area contributed by atoms with Crippen molar-refractivity contribution >= 4 is 11.7 Å². The monoisotopic (exact) mass is 267 g/mol. The number of hydrogen-bond donors (Lipinski definition) is 0. The third-order valence-electron chi connectivity index (χ3n) is 3.46. The first-order valence-corrected chi connectivity index (χ1v) is 6.88. The number of pyridine rings is 2. The average molecular weight is 267 g/mol. The lowest BCUT2D eigenvalue weighted by Crippen LogP contribution is -2.33. The van der Waals surface area contributed by atoms with Gasteiger partial charge in [0.2, 0.25) is 0 Å². The van der Waals surface area contributed by atoms with Gasteiger partial charge in [-0.25, -0.2) is 4.98 Å². The number of rotatable bonds is 4. The van der Waals surface area contributed by atoms with E-state index in [0.717, 1.165) is 17.9 Å². The number of nitrogens with zero attached hydrogens (tertiary/aromatic N) is 3.